The summed E-state index contributed by atoms with van der Waals surface area (Å²) in [7, 11) is 0. The molecule has 1 fully saturated rings. The summed E-state index contributed by atoms with van der Waals surface area (Å²) in [6.07, 6.45) is 1.67. The molecule has 0 aromatic rings. The van der Waals surface area contributed by atoms with Crippen molar-refractivity contribution in [1.29, 1.82) is 0 Å². The Balaban J connectivity index is 0.00000256. The van der Waals surface area contributed by atoms with Crippen LogP contribution in [0, 0.1) is 11.3 Å². The van der Waals surface area contributed by atoms with Crippen molar-refractivity contribution in [3.8, 4) is 0 Å². The number of carbonyl (C=O) groups is 3. The Kier molecular flexibility index (Phi) is 6.37. The molecule has 1 aliphatic heterocycles. The number of nitrogens with one attached hydrogen (secondary N) is 2. The van der Waals surface area contributed by atoms with Crippen molar-refractivity contribution in [2.45, 2.75) is 40.0 Å². The van der Waals surface area contributed by atoms with Crippen molar-refractivity contribution in [2.24, 2.45) is 11.3 Å². The third-order valence-corrected chi connectivity index (χ3v) is 3.08. The van der Waals surface area contributed by atoms with Crippen LogP contribution in [-0.4, -0.2) is 47.4 Å². The van der Waals surface area contributed by atoms with Gasteiger partial charge in [0.2, 0.25) is 11.8 Å². The SMILES string of the molecule is CCC1(CCC(C)C)C(=O)NC(=O)NC1=O.[NaH]. The van der Waals surface area contributed by atoms with Crippen LogP contribution < -0.4 is 10.6 Å². The van der Waals surface area contributed by atoms with Crippen LogP contribution in [0.5, 0.6) is 0 Å². The molecule has 0 aromatic carbocycles. The van der Waals surface area contributed by atoms with Gasteiger partial charge in [-0.2, -0.15) is 0 Å². The third kappa shape index (κ3) is 3.53. The van der Waals surface area contributed by atoms with E-state index in [2.05, 4.69) is 10.6 Å². The molecule has 1 heterocycles. The standard InChI is InChI=1S/C11H18N2O3.Na.H/c1-4-11(6-5-7(2)3)8(14)12-10(16)13-9(11)15;;/h7H,4-6H2,1-3H3,(H2,12,13,14,15,16);;. The Morgan fingerprint density at radius 1 is 1.12 bits per heavy atom. The molecule has 6 heteroatoms. The van der Waals surface area contributed by atoms with E-state index >= 15 is 0 Å². The minimum absolute atomic E-state index is 0. The van der Waals surface area contributed by atoms with Crippen LogP contribution in [0.2, 0.25) is 0 Å². The van der Waals surface area contributed by atoms with Crippen molar-refractivity contribution in [2.75, 3.05) is 0 Å². The molecule has 0 unspecified atom stereocenters. The van der Waals surface area contributed by atoms with Gasteiger partial charge in [0, 0.05) is 0 Å². The summed E-state index contributed by atoms with van der Waals surface area (Å²) in [5.74, 6) is -0.518. The molecule has 2 N–H and O–H groups in total. The van der Waals surface area contributed by atoms with E-state index in [1.54, 1.807) is 6.92 Å². The molecule has 0 aliphatic carbocycles. The molecule has 0 spiro atoms. The van der Waals surface area contributed by atoms with Crippen LogP contribution in [0.25, 0.3) is 0 Å². The monoisotopic (exact) mass is 250 g/mol. The van der Waals surface area contributed by atoms with Gasteiger partial charge < -0.3 is 0 Å². The molecule has 0 saturated carbocycles. The number of carbonyl (C=O) groups excluding carboxylic acids is 3. The second-order valence-electron chi connectivity index (χ2n) is 4.61. The van der Waals surface area contributed by atoms with Crippen LogP contribution in [-0.2, 0) is 9.59 Å². The van der Waals surface area contributed by atoms with Crippen LogP contribution in [0.3, 0.4) is 0 Å². The summed E-state index contributed by atoms with van der Waals surface area (Å²) in [4.78, 5) is 34.5. The minimum atomic E-state index is -1.07. The van der Waals surface area contributed by atoms with Gasteiger partial charge in [-0.1, -0.05) is 20.8 Å². The van der Waals surface area contributed by atoms with Crippen LogP contribution in [0.4, 0.5) is 4.79 Å². The van der Waals surface area contributed by atoms with E-state index in [9.17, 15) is 14.4 Å². The number of barbiturate groups is 1. The predicted octanol–water partition coefficient (Wildman–Crippen LogP) is 0.536. The Morgan fingerprint density at radius 2 is 1.59 bits per heavy atom. The molecule has 0 bridgehead atoms. The molecule has 1 rings (SSSR count). The maximum atomic E-state index is 11.8. The Bertz CT molecular complexity index is 309. The number of hydrogen-bond acceptors (Lipinski definition) is 3. The first-order chi connectivity index (χ1) is 7.42. The van der Waals surface area contributed by atoms with E-state index < -0.39 is 23.3 Å². The van der Waals surface area contributed by atoms with Crippen molar-refractivity contribution in [3.63, 3.8) is 0 Å². The zero-order valence-electron chi connectivity index (χ0n) is 9.92. The van der Waals surface area contributed by atoms with Crippen molar-refractivity contribution in [3.05, 3.63) is 0 Å². The molecule has 0 radical (unpaired) electrons. The van der Waals surface area contributed by atoms with Gasteiger partial charge in [0.25, 0.3) is 0 Å². The van der Waals surface area contributed by atoms with Crippen molar-refractivity contribution >= 4 is 47.4 Å². The summed E-state index contributed by atoms with van der Waals surface area (Å²) in [6, 6.07) is -0.719. The van der Waals surface area contributed by atoms with Crippen LogP contribution in [0.15, 0.2) is 0 Å². The van der Waals surface area contributed by atoms with Gasteiger partial charge >= 0.3 is 35.6 Å². The molecule has 92 valence electrons. The molecule has 1 saturated heterocycles. The summed E-state index contributed by atoms with van der Waals surface area (Å²) in [6.45, 7) is 5.86. The Hall–Kier alpha value is -0.390. The fraction of sp³-hybridized carbons (Fsp3) is 0.727. The van der Waals surface area contributed by atoms with Gasteiger partial charge in [-0.3, -0.25) is 20.2 Å². The number of amides is 4. The van der Waals surface area contributed by atoms with Gasteiger partial charge in [0.15, 0.2) is 0 Å². The van der Waals surface area contributed by atoms with Gasteiger partial charge in [-0.15, -0.1) is 0 Å². The molecule has 0 atom stereocenters. The second-order valence-corrected chi connectivity index (χ2v) is 4.61. The first-order valence-corrected chi connectivity index (χ1v) is 5.59. The Morgan fingerprint density at radius 3 is 1.94 bits per heavy atom. The first-order valence-electron chi connectivity index (χ1n) is 5.59. The predicted molar refractivity (Wildman–Crippen MR) is 65.6 cm³/mol. The molecule has 4 amide bonds. The summed E-state index contributed by atoms with van der Waals surface area (Å²) < 4.78 is 0. The zero-order valence-corrected chi connectivity index (χ0v) is 9.92. The second kappa shape index (κ2) is 6.52. The van der Waals surface area contributed by atoms with E-state index in [0.717, 1.165) is 6.42 Å². The number of imide groups is 2. The van der Waals surface area contributed by atoms with E-state index in [0.29, 0.717) is 18.8 Å². The topological polar surface area (TPSA) is 75.3 Å². The first kappa shape index (κ1) is 16.6. The van der Waals surface area contributed by atoms with E-state index in [1.807, 2.05) is 13.8 Å². The van der Waals surface area contributed by atoms with Gasteiger partial charge in [-0.05, 0) is 25.2 Å². The average Bonchev–Trinajstić information content (AvgIpc) is 2.17. The fourth-order valence-corrected chi connectivity index (χ4v) is 1.84. The molecule has 0 aromatic heterocycles. The number of rotatable bonds is 4. The summed E-state index contributed by atoms with van der Waals surface area (Å²) >= 11 is 0. The quantitative estimate of drug-likeness (QED) is 0.564. The third-order valence-electron chi connectivity index (χ3n) is 3.08. The fourth-order valence-electron chi connectivity index (χ4n) is 1.84. The van der Waals surface area contributed by atoms with Gasteiger partial charge in [0.05, 0.1) is 0 Å². The zero-order chi connectivity index (χ0) is 12.3. The van der Waals surface area contributed by atoms with Crippen LogP contribution in [0.1, 0.15) is 40.0 Å². The van der Waals surface area contributed by atoms with Gasteiger partial charge in [0.1, 0.15) is 5.41 Å². The number of urea groups is 1. The van der Waals surface area contributed by atoms with E-state index in [1.165, 1.54) is 0 Å². The van der Waals surface area contributed by atoms with Crippen molar-refractivity contribution in [1.82, 2.24) is 10.6 Å². The molecule has 5 nitrogen and oxygen atoms in total. The molecule has 17 heavy (non-hydrogen) atoms. The van der Waals surface area contributed by atoms with Gasteiger partial charge in [-0.25, -0.2) is 4.79 Å². The van der Waals surface area contributed by atoms with Crippen molar-refractivity contribution < 1.29 is 14.4 Å². The van der Waals surface area contributed by atoms with E-state index in [4.69, 9.17) is 0 Å². The summed E-state index contributed by atoms with van der Waals surface area (Å²) in [5.41, 5.74) is -1.07. The summed E-state index contributed by atoms with van der Waals surface area (Å²) in [5, 5.41) is 4.33. The molecule has 1 aliphatic rings. The maximum absolute atomic E-state index is 11.8. The van der Waals surface area contributed by atoms with Crippen LogP contribution >= 0.6 is 0 Å². The Labute approximate surface area is 123 Å². The number of hydrogen-bond donors (Lipinski definition) is 2. The average molecular weight is 250 g/mol. The normalized spacial score (nSPS) is 18.5. The van der Waals surface area contributed by atoms with E-state index in [-0.39, 0.29) is 29.6 Å². The molecular formula is C11H19N2NaO3. The molecular weight excluding hydrogens is 231 g/mol.